The van der Waals surface area contributed by atoms with Crippen LogP contribution in [0, 0.1) is 5.92 Å². The topological polar surface area (TPSA) is 46.1 Å². The van der Waals surface area contributed by atoms with Gasteiger partial charge in [0.05, 0.1) is 6.04 Å². The summed E-state index contributed by atoms with van der Waals surface area (Å²) >= 11 is 0. The predicted molar refractivity (Wildman–Crippen MR) is 69.6 cm³/mol. The summed E-state index contributed by atoms with van der Waals surface area (Å²) in [5.41, 5.74) is 1.18. The zero-order chi connectivity index (χ0) is 12.8. The van der Waals surface area contributed by atoms with Crippen LogP contribution in [0.4, 0.5) is 0 Å². The maximum atomic E-state index is 11.7. The third-order valence-corrected chi connectivity index (χ3v) is 2.85. The number of nitrogens with zero attached hydrogens (tertiary/aromatic N) is 1. The third-order valence-electron chi connectivity index (χ3n) is 2.85. The Balaban J connectivity index is 2.55. The molecule has 1 heterocycles. The minimum atomic E-state index is -0.116. The van der Waals surface area contributed by atoms with Crippen LogP contribution in [-0.4, -0.2) is 23.6 Å². The summed E-state index contributed by atoms with van der Waals surface area (Å²) < 4.78 is 2.06. The molecule has 0 aromatic carbocycles. The van der Waals surface area contributed by atoms with Crippen LogP contribution in [0.3, 0.4) is 0 Å². The molecule has 0 spiro atoms. The van der Waals surface area contributed by atoms with Crippen LogP contribution in [0.15, 0.2) is 18.3 Å². The molecular weight excluding hydrogens is 214 g/mol. The van der Waals surface area contributed by atoms with E-state index in [9.17, 15) is 4.79 Å². The van der Waals surface area contributed by atoms with Crippen molar-refractivity contribution in [3.05, 3.63) is 24.0 Å². The zero-order valence-electron chi connectivity index (χ0n) is 11.2. The molecule has 1 aromatic heterocycles. The average Bonchev–Trinajstić information content (AvgIpc) is 2.68. The van der Waals surface area contributed by atoms with Crippen LogP contribution in [0.2, 0.25) is 0 Å². The van der Waals surface area contributed by atoms with Gasteiger partial charge in [0.15, 0.2) is 0 Å². The van der Waals surface area contributed by atoms with E-state index >= 15 is 0 Å². The van der Waals surface area contributed by atoms with Gasteiger partial charge in [-0.2, -0.15) is 0 Å². The number of carbonyl (C=O) groups excluding carboxylic acids is 1. The van der Waals surface area contributed by atoms with E-state index in [-0.39, 0.29) is 11.9 Å². The number of aryl methyl sites for hydroxylation is 1. The van der Waals surface area contributed by atoms with E-state index in [1.807, 2.05) is 19.3 Å². The van der Waals surface area contributed by atoms with Crippen molar-refractivity contribution in [2.24, 2.45) is 13.0 Å². The molecular formula is C13H23N3O. The lowest BCUT2D eigenvalue weighted by atomic mass is 10.0. The Bertz CT molecular complexity index is 357. The van der Waals surface area contributed by atoms with Crippen LogP contribution >= 0.6 is 0 Å². The van der Waals surface area contributed by atoms with E-state index in [2.05, 4.69) is 35.1 Å². The molecule has 0 aliphatic heterocycles. The van der Waals surface area contributed by atoms with Crippen LogP contribution in [-0.2, 0) is 18.4 Å². The third kappa shape index (κ3) is 4.23. The van der Waals surface area contributed by atoms with Gasteiger partial charge in [-0.05, 0) is 24.5 Å². The first-order valence-corrected chi connectivity index (χ1v) is 6.09. The second-order valence-electron chi connectivity index (χ2n) is 4.79. The number of amides is 1. The molecule has 0 aliphatic rings. The lowest BCUT2D eigenvalue weighted by Gasteiger charge is -2.19. The van der Waals surface area contributed by atoms with Crippen molar-refractivity contribution < 1.29 is 4.79 Å². The van der Waals surface area contributed by atoms with E-state index < -0.39 is 0 Å². The Kier molecular flexibility index (Phi) is 5.22. The first kappa shape index (κ1) is 13.8. The van der Waals surface area contributed by atoms with E-state index in [4.69, 9.17) is 0 Å². The first-order chi connectivity index (χ1) is 8.04. The molecule has 17 heavy (non-hydrogen) atoms. The van der Waals surface area contributed by atoms with Gasteiger partial charge in [0.25, 0.3) is 0 Å². The van der Waals surface area contributed by atoms with Gasteiger partial charge in [-0.1, -0.05) is 13.8 Å². The molecule has 1 unspecified atom stereocenters. The Morgan fingerprint density at radius 3 is 2.65 bits per heavy atom. The summed E-state index contributed by atoms with van der Waals surface area (Å²) in [5, 5.41) is 6.02. The summed E-state index contributed by atoms with van der Waals surface area (Å²) in [6, 6.07) is 3.95. The van der Waals surface area contributed by atoms with E-state index in [1.165, 1.54) is 5.69 Å². The minimum Gasteiger partial charge on any atom is -0.358 e. The van der Waals surface area contributed by atoms with Gasteiger partial charge in [-0.25, -0.2) is 0 Å². The number of nitrogens with one attached hydrogen (secondary N) is 2. The highest BCUT2D eigenvalue weighted by Crippen LogP contribution is 2.06. The lowest BCUT2D eigenvalue weighted by Crippen LogP contribution is -2.43. The van der Waals surface area contributed by atoms with E-state index in [0.29, 0.717) is 12.5 Å². The molecule has 0 saturated heterocycles. The van der Waals surface area contributed by atoms with Crippen LogP contribution in [0.5, 0.6) is 0 Å². The summed E-state index contributed by atoms with van der Waals surface area (Å²) in [6.07, 6.45) is 2.86. The average molecular weight is 237 g/mol. The normalized spacial score (nSPS) is 12.8. The largest absolute Gasteiger partial charge is 0.358 e. The fraction of sp³-hybridized carbons (Fsp3) is 0.615. The van der Waals surface area contributed by atoms with Crippen LogP contribution in [0.1, 0.15) is 26.0 Å². The highest BCUT2D eigenvalue weighted by atomic mass is 16.2. The number of hydrogen-bond donors (Lipinski definition) is 2. The van der Waals surface area contributed by atoms with Gasteiger partial charge in [0.2, 0.25) is 5.91 Å². The second-order valence-corrected chi connectivity index (χ2v) is 4.79. The molecule has 0 fully saturated rings. The van der Waals surface area contributed by atoms with Gasteiger partial charge in [0.1, 0.15) is 0 Å². The molecule has 0 saturated carbocycles. The molecule has 96 valence electrons. The van der Waals surface area contributed by atoms with Crippen molar-refractivity contribution >= 4 is 5.91 Å². The number of likely N-dealkylation sites (N-methyl/N-ethyl adjacent to an activating group) is 1. The standard InChI is InChI=1S/C13H23N3O/c1-10(2)8-12(13(17)14-3)15-9-11-6-5-7-16(11)4/h5-7,10,12,15H,8-9H2,1-4H3,(H,14,17). The first-order valence-electron chi connectivity index (χ1n) is 6.09. The van der Waals surface area contributed by atoms with Crippen molar-refractivity contribution in [3.8, 4) is 0 Å². The van der Waals surface area contributed by atoms with E-state index in [1.54, 1.807) is 7.05 Å². The van der Waals surface area contributed by atoms with Crippen LogP contribution in [0.25, 0.3) is 0 Å². The molecule has 1 atom stereocenters. The zero-order valence-corrected chi connectivity index (χ0v) is 11.2. The highest BCUT2D eigenvalue weighted by molar-refractivity contribution is 5.81. The van der Waals surface area contributed by atoms with Crippen molar-refractivity contribution in [1.82, 2.24) is 15.2 Å². The number of hydrogen-bond acceptors (Lipinski definition) is 2. The molecule has 0 bridgehead atoms. The SMILES string of the molecule is CNC(=O)C(CC(C)C)NCc1cccn1C. The molecule has 1 amide bonds. The summed E-state index contributed by atoms with van der Waals surface area (Å²) in [6.45, 7) is 4.97. The minimum absolute atomic E-state index is 0.0629. The highest BCUT2D eigenvalue weighted by Gasteiger charge is 2.17. The monoisotopic (exact) mass is 237 g/mol. The molecule has 2 N–H and O–H groups in total. The molecule has 1 rings (SSSR count). The molecule has 0 radical (unpaired) electrons. The fourth-order valence-corrected chi connectivity index (χ4v) is 1.84. The maximum absolute atomic E-state index is 11.7. The Morgan fingerprint density at radius 1 is 1.47 bits per heavy atom. The van der Waals surface area contributed by atoms with Gasteiger partial charge in [-0.3, -0.25) is 4.79 Å². The Hall–Kier alpha value is -1.29. The smallest absolute Gasteiger partial charge is 0.236 e. The molecule has 0 aliphatic carbocycles. The number of rotatable bonds is 6. The number of carbonyl (C=O) groups is 1. The molecule has 4 heteroatoms. The molecule has 1 aromatic rings. The summed E-state index contributed by atoms with van der Waals surface area (Å²) in [5.74, 6) is 0.561. The molecule has 4 nitrogen and oxygen atoms in total. The second kappa shape index (κ2) is 6.45. The van der Waals surface area contributed by atoms with Gasteiger partial charge in [0, 0.05) is 32.5 Å². The Labute approximate surface area is 103 Å². The number of aromatic nitrogens is 1. The Morgan fingerprint density at radius 2 is 2.18 bits per heavy atom. The lowest BCUT2D eigenvalue weighted by molar-refractivity contribution is -0.123. The van der Waals surface area contributed by atoms with Crippen molar-refractivity contribution in [3.63, 3.8) is 0 Å². The quantitative estimate of drug-likeness (QED) is 0.783. The summed E-state index contributed by atoms with van der Waals surface area (Å²) in [4.78, 5) is 11.7. The maximum Gasteiger partial charge on any atom is 0.236 e. The van der Waals surface area contributed by atoms with Crippen molar-refractivity contribution in [2.45, 2.75) is 32.9 Å². The van der Waals surface area contributed by atoms with Crippen molar-refractivity contribution in [2.75, 3.05) is 7.05 Å². The summed E-state index contributed by atoms with van der Waals surface area (Å²) in [7, 11) is 3.69. The van der Waals surface area contributed by atoms with Gasteiger partial charge >= 0.3 is 0 Å². The van der Waals surface area contributed by atoms with Gasteiger partial charge < -0.3 is 15.2 Å². The van der Waals surface area contributed by atoms with Crippen molar-refractivity contribution in [1.29, 1.82) is 0 Å². The van der Waals surface area contributed by atoms with Gasteiger partial charge in [-0.15, -0.1) is 0 Å². The van der Waals surface area contributed by atoms with E-state index in [0.717, 1.165) is 6.42 Å². The fourth-order valence-electron chi connectivity index (χ4n) is 1.84. The van der Waals surface area contributed by atoms with Crippen LogP contribution < -0.4 is 10.6 Å². The predicted octanol–water partition coefficient (Wildman–Crippen LogP) is 1.28.